The Morgan fingerprint density at radius 1 is 1.31 bits per heavy atom. The minimum Gasteiger partial charge on any atom is -0.480 e. The van der Waals surface area contributed by atoms with Gasteiger partial charge in [-0.05, 0) is 35.7 Å². The first-order chi connectivity index (χ1) is 12.6. The molecule has 132 valence electrons. The Morgan fingerprint density at radius 3 is 2.88 bits per heavy atom. The third kappa shape index (κ3) is 3.45. The van der Waals surface area contributed by atoms with Crippen molar-refractivity contribution in [2.45, 2.75) is 25.9 Å². The van der Waals surface area contributed by atoms with Gasteiger partial charge in [0.25, 0.3) is 5.91 Å². The summed E-state index contributed by atoms with van der Waals surface area (Å²) in [6.45, 7) is 2.13. The van der Waals surface area contributed by atoms with Crippen LogP contribution >= 0.6 is 22.9 Å². The van der Waals surface area contributed by atoms with Crippen LogP contribution in [0, 0.1) is 0 Å². The molecule has 3 aromatic rings. The van der Waals surface area contributed by atoms with Crippen molar-refractivity contribution in [2.75, 3.05) is 5.32 Å². The number of hydrogen-bond acceptors (Lipinski definition) is 4. The van der Waals surface area contributed by atoms with E-state index in [2.05, 4.69) is 41.5 Å². The van der Waals surface area contributed by atoms with Gasteiger partial charge in [0.2, 0.25) is 0 Å². The lowest BCUT2D eigenvalue weighted by atomic mass is 10.1. The first-order valence-electron chi connectivity index (χ1n) is 8.43. The molecule has 0 spiro atoms. The van der Waals surface area contributed by atoms with Crippen molar-refractivity contribution in [3.05, 3.63) is 64.0 Å². The van der Waals surface area contributed by atoms with Gasteiger partial charge < -0.3 is 4.74 Å². The lowest BCUT2D eigenvalue weighted by molar-refractivity contribution is -0.122. The second kappa shape index (κ2) is 7.09. The second-order valence-corrected chi connectivity index (χ2v) is 7.43. The normalized spacial score (nSPS) is 15.4. The largest absolute Gasteiger partial charge is 0.480 e. The van der Waals surface area contributed by atoms with Gasteiger partial charge in [-0.2, -0.15) is 0 Å². The van der Waals surface area contributed by atoms with Gasteiger partial charge in [-0.25, -0.2) is 4.98 Å². The number of rotatable bonds is 4. The number of hydrogen-bond donors (Lipinski definition) is 1. The SMILES string of the molecule is CCc1ccc(-c2csc(NC(=O)[C@H]3Cc4cc(Cl)ccc4O3)n2)cc1. The van der Waals surface area contributed by atoms with E-state index in [9.17, 15) is 4.79 Å². The highest BCUT2D eigenvalue weighted by Crippen LogP contribution is 2.32. The van der Waals surface area contributed by atoms with E-state index in [1.807, 2.05) is 11.4 Å². The van der Waals surface area contributed by atoms with Crippen molar-refractivity contribution in [1.29, 1.82) is 0 Å². The summed E-state index contributed by atoms with van der Waals surface area (Å²) in [5.74, 6) is 0.518. The number of aromatic nitrogens is 1. The number of halogens is 1. The van der Waals surface area contributed by atoms with Gasteiger partial charge in [0.05, 0.1) is 5.69 Å². The molecule has 0 bridgehead atoms. The molecule has 1 amide bonds. The fourth-order valence-corrected chi connectivity index (χ4v) is 3.84. The van der Waals surface area contributed by atoms with E-state index < -0.39 is 6.10 Å². The van der Waals surface area contributed by atoms with E-state index in [1.54, 1.807) is 12.1 Å². The smallest absolute Gasteiger partial charge is 0.267 e. The predicted octanol–water partition coefficient (Wildman–Crippen LogP) is 4.97. The monoisotopic (exact) mass is 384 g/mol. The van der Waals surface area contributed by atoms with Crippen LogP contribution in [0.4, 0.5) is 5.13 Å². The Bertz CT molecular complexity index is 953. The number of benzene rings is 2. The molecule has 1 atom stereocenters. The summed E-state index contributed by atoms with van der Waals surface area (Å²) in [7, 11) is 0. The van der Waals surface area contributed by atoms with Gasteiger partial charge >= 0.3 is 0 Å². The molecule has 0 fully saturated rings. The van der Waals surface area contributed by atoms with Crippen molar-refractivity contribution in [3.63, 3.8) is 0 Å². The zero-order valence-corrected chi connectivity index (χ0v) is 15.7. The molecule has 2 aromatic carbocycles. The fraction of sp³-hybridized carbons (Fsp3) is 0.200. The summed E-state index contributed by atoms with van der Waals surface area (Å²) in [6.07, 6.45) is 0.964. The van der Waals surface area contributed by atoms with Crippen molar-refractivity contribution >= 4 is 34.0 Å². The standard InChI is InChI=1S/C20H17ClN2O2S/c1-2-12-3-5-13(6-4-12)16-11-26-20(22-16)23-19(24)18-10-14-9-15(21)7-8-17(14)25-18/h3-9,11,18H,2,10H2,1H3,(H,22,23,24)/t18-/m1/s1. The highest BCUT2D eigenvalue weighted by molar-refractivity contribution is 7.14. The molecule has 1 N–H and O–H groups in total. The van der Waals surface area contributed by atoms with Gasteiger partial charge in [0.15, 0.2) is 11.2 Å². The lowest BCUT2D eigenvalue weighted by Crippen LogP contribution is -2.31. The van der Waals surface area contributed by atoms with Crippen LogP contribution < -0.4 is 10.1 Å². The number of thiazole rings is 1. The van der Waals surface area contributed by atoms with Crippen LogP contribution in [0.1, 0.15) is 18.1 Å². The molecule has 1 aromatic heterocycles. The Morgan fingerprint density at radius 2 is 2.12 bits per heavy atom. The van der Waals surface area contributed by atoms with Crippen LogP contribution in [0.2, 0.25) is 5.02 Å². The summed E-state index contributed by atoms with van der Waals surface area (Å²) in [5.41, 5.74) is 4.14. The van der Waals surface area contributed by atoms with E-state index in [0.717, 1.165) is 23.2 Å². The van der Waals surface area contributed by atoms with Gasteiger partial charge in [-0.3, -0.25) is 10.1 Å². The molecular formula is C20H17ClN2O2S. The summed E-state index contributed by atoms with van der Waals surface area (Å²) < 4.78 is 5.72. The van der Waals surface area contributed by atoms with Crippen LogP contribution in [-0.4, -0.2) is 17.0 Å². The predicted molar refractivity (Wildman–Crippen MR) is 105 cm³/mol. The molecular weight excluding hydrogens is 368 g/mol. The van der Waals surface area contributed by atoms with E-state index >= 15 is 0 Å². The molecule has 0 radical (unpaired) electrons. The van der Waals surface area contributed by atoms with Crippen LogP contribution in [0.3, 0.4) is 0 Å². The number of nitrogens with one attached hydrogen (secondary N) is 1. The number of nitrogens with zero attached hydrogens (tertiary/aromatic N) is 1. The average Bonchev–Trinajstić information content (AvgIpc) is 3.28. The molecule has 26 heavy (non-hydrogen) atoms. The Labute approximate surface area is 160 Å². The van der Waals surface area contributed by atoms with Gasteiger partial charge in [-0.15, -0.1) is 11.3 Å². The average molecular weight is 385 g/mol. The first-order valence-corrected chi connectivity index (χ1v) is 9.69. The summed E-state index contributed by atoms with van der Waals surface area (Å²) >= 11 is 7.40. The van der Waals surface area contributed by atoms with Crippen LogP contribution in [0.5, 0.6) is 5.75 Å². The molecule has 2 heterocycles. The van der Waals surface area contributed by atoms with E-state index in [4.69, 9.17) is 16.3 Å². The van der Waals surface area contributed by atoms with Crippen LogP contribution in [0.25, 0.3) is 11.3 Å². The van der Waals surface area contributed by atoms with Crippen molar-refractivity contribution < 1.29 is 9.53 Å². The molecule has 0 unspecified atom stereocenters. The number of carbonyl (C=O) groups is 1. The van der Waals surface area contributed by atoms with Gasteiger partial charge in [-0.1, -0.05) is 42.8 Å². The van der Waals surface area contributed by atoms with Crippen molar-refractivity contribution in [3.8, 4) is 17.0 Å². The Balaban J connectivity index is 1.43. The van der Waals surface area contributed by atoms with E-state index in [-0.39, 0.29) is 5.91 Å². The maximum absolute atomic E-state index is 12.5. The molecule has 1 aliphatic rings. The number of aryl methyl sites for hydroxylation is 1. The highest BCUT2D eigenvalue weighted by Gasteiger charge is 2.29. The molecule has 4 rings (SSSR count). The van der Waals surface area contributed by atoms with Crippen molar-refractivity contribution in [2.24, 2.45) is 0 Å². The quantitative estimate of drug-likeness (QED) is 0.691. The summed E-state index contributed by atoms with van der Waals surface area (Å²) in [5, 5.41) is 6.02. The van der Waals surface area contributed by atoms with Crippen LogP contribution in [-0.2, 0) is 17.6 Å². The number of carbonyl (C=O) groups excluding carboxylic acids is 1. The highest BCUT2D eigenvalue weighted by atomic mass is 35.5. The molecule has 1 aliphatic heterocycles. The zero-order chi connectivity index (χ0) is 18.1. The van der Waals surface area contributed by atoms with E-state index in [1.165, 1.54) is 16.9 Å². The summed E-state index contributed by atoms with van der Waals surface area (Å²) in [4.78, 5) is 17.0. The number of anilines is 1. The zero-order valence-electron chi connectivity index (χ0n) is 14.2. The number of fused-ring (bicyclic) bond motifs is 1. The lowest BCUT2D eigenvalue weighted by Gasteiger charge is -2.09. The maximum atomic E-state index is 12.5. The van der Waals surface area contributed by atoms with Crippen molar-refractivity contribution in [1.82, 2.24) is 4.98 Å². The Hall–Kier alpha value is -2.37. The summed E-state index contributed by atoms with van der Waals surface area (Å²) in [6, 6.07) is 13.7. The maximum Gasteiger partial charge on any atom is 0.267 e. The van der Waals surface area contributed by atoms with Crippen LogP contribution in [0.15, 0.2) is 47.8 Å². The second-order valence-electron chi connectivity index (χ2n) is 6.14. The third-order valence-corrected chi connectivity index (χ3v) is 5.37. The van der Waals surface area contributed by atoms with Gasteiger partial charge in [0, 0.05) is 22.4 Å². The van der Waals surface area contributed by atoms with Gasteiger partial charge in [0.1, 0.15) is 5.75 Å². The minimum absolute atomic E-state index is 0.195. The number of amides is 1. The molecule has 4 nitrogen and oxygen atoms in total. The first kappa shape index (κ1) is 17.1. The molecule has 0 aliphatic carbocycles. The third-order valence-electron chi connectivity index (χ3n) is 4.38. The topological polar surface area (TPSA) is 51.2 Å². The number of ether oxygens (including phenoxy) is 1. The molecule has 0 saturated carbocycles. The molecule has 6 heteroatoms. The fourth-order valence-electron chi connectivity index (χ4n) is 2.92. The molecule has 0 saturated heterocycles. The van der Waals surface area contributed by atoms with E-state index in [0.29, 0.717) is 22.3 Å². The minimum atomic E-state index is -0.556. The Kier molecular flexibility index (Phi) is 4.66.